The summed E-state index contributed by atoms with van der Waals surface area (Å²) in [5, 5.41) is 20.7. The predicted molar refractivity (Wildman–Crippen MR) is 104 cm³/mol. The number of nitrogens with zero attached hydrogens (tertiary/aromatic N) is 5. The fourth-order valence-corrected chi connectivity index (χ4v) is 4.07. The molecule has 27 heavy (non-hydrogen) atoms. The summed E-state index contributed by atoms with van der Waals surface area (Å²) >= 11 is 2.69. The molecule has 1 atom stereocenters. The summed E-state index contributed by atoms with van der Waals surface area (Å²) in [6.45, 7) is 6.39. The lowest BCUT2D eigenvalue weighted by Gasteiger charge is -2.14. The Balaban J connectivity index is 1.78. The van der Waals surface area contributed by atoms with Crippen LogP contribution in [0.15, 0.2) is 29.4 Å². The number of carbonyl (C=O) groups is 1. The number of anilines is 1. The van der Waals surface area contributed by atoms with Crippen LogP contribution in [0.5, 0.6) is 0 Å². The zero-order valence-corrected chi connectivity index (χ0v) is 16.8. The second-order valence-corrected chi connectivity index (χ2v) is 8.04. The van der Waals surface area contributed by atoms with E-state index in [1.807, 2.05) is 25.3 Å². The van der Waals surface area contributed by atoms with Gasteiger partial charge >= 0.3 is 0 Å². The minimum Gasteiger partial charge on any atom is -0.302 e. The minimum atomic E-state index is -0.343. The number of hydrogen-bond donors (Lipinski definition) is 1. The van der Waals surface area contributed by atoms with Crippen LogP contribution in [0.25, 0.3) is 11.4 Å². The molecule has 0 spiro atoms. The van der Waals surface area contributed by atoms with Gasteiger partial charge in [0, 0.05) is 12.1 Å². The van der Waals surface area contributed by atoms with Crippen molar-refractivity contribution in [3.63, 3.8) is 0 Å². The number of rotatable bonds is 7. The molecule has 0 aliphatic heterocycles. The monoisotopic (exact) mass is 406 g/mol. The molecule has 1 aromatic carbocycles. The van der Waals surface area contributed by atoms with Crippen LogP contribution in [0.1, 0.15) is 25.3 Å². The Bertz CT molecular complexity index is 924. The molecule has 0 radical (unpaired) electrons. The Hall–Kier alpha value is -2.33. The van der Waals surface area contributed by atoms with Crippen molar-refractivity contribution in [1.29, 1.82) is 0 Å². The Kier molecular flexibility index (Phi) is 6.17. The van der Waals surface area contributed by atoms with Gasteiger partial charge in [-0.3, -0.25) is 10.1 Å². The quantitative estimate of drug-likeness (QED) is 0.601. The smallest absolute Gasteiger partial charge is 0.239 e. The van der Waals surface area contributed by atoms with Crippen LogP contribution in [0, 0.1) is 12.7 Å². The summed E-state index contributed by atoms with van der Waals surface area (Å²) in [4.78, 5) is 12.6. The molecule has 0 saturated heterocycles. The van der Waals surface area contributed by atoms with Gasteiger partial charge in [0.1, 0.15) is 10.8 Å². The highest BCUT2D eigenvalue weighted by Gasteiger charge is 2.23. The fourth-order valence-electron chi connectivity index (χ4n) is 2.46. The lowest BCUT2D eigenvalue weighted by molar-refractivity contribution is -0.115. The van der Waals surface area contributed by atoms with Crippen LogP contribution in [0.4, 0.5) is 9.52 Å². The third kappa shape index (κ3) is 4.51. The summed E-state index contributed by atoms with van der Waals surface area (Å²) in [5.41, 5.74) is 0.777. The van der Waals surface area contributed by atoms with E-state index in [1.165, 1.54) is 35.2 Å². The molecule has 142 valence electrons. The highest BCUT2D eigenvalue weighted by atomic mass is 32.2. The number of benzene rings is 1. The number of carbonyl (C=O) groups excluding carboxylic acids is 1. The van der Waals surface area contributed by atoms with Crippen molar-refractivity contribution in [3.05, 3.63) is 35.1 Å². The van der Waals surface area contributed by atoms with Gasteiger partial charge in [-0.05, 0) is 44.5 Å². The van der Waals surface area contributed by atoms with Gasteiger partial charge in [-0.15, -0.1) is 20.4 Å². The molecule has 7 nitrogen and oxygen atoms in total. The standard InChI is InChI=1S/C17H19FN6OS2/c1-4-13(15(25)19-16-22-20-10(3)26-16)27-17-23-21-14(24(17)5-2)11-6-8-12(18)9-7-11/h6-9,13H,4-5H2,1-3H3,(H,19,22,25). The molecule has 0 fully saturated rings. The molecule has 0 aliphatic rings. The van der Waals surface area contributed by atoms with E-state index in [2.05, 4.69) is 25.7 Å². The van der Waals surface area contributed by atoms with Gasteiger partial charge in [-0.2, -0.15) is 0 Å². The second kappa shape index (κ2) is 8.57. The van der Waals surface area contributed by atoms with Crippen LogP contribution in [-0.4, -0.2) is 36.1 Å². The zero-order chi connectivity index (χ0) is 19.4. The molecular formula is C17H19FN6OS2. The summed E-state index contributed by atoms with van der Waals surface area (Å²) in [6, 6.07) is 6.12. The van der Waals surface area contributed by atoms with Gasteiger partial charge in [-0.1, -0.05) is 30.0 Å². The minimum absolute atomic E-state index is 0.146. The molecule has 0 saturated carbocycles. The molecule has 2 heterocycles. The van der Waals surface area contributed by atoms with Crippen LogP contribution in [-0.2, 0) is 11.3 Å². The van der Waals surface area contributed by atoms with Gasteiger partial charge in [0.05, 0.1) is 5.25 Å². The number of aryl methyl sites for hydroxylation is 1. The van der Waals surface area contributed by atoms with Crippen molar-refractivity contribution in [2.45, 2.75) is 44.1 Å². The maximum absolute atomic E-state index is 13.2. The molecule has 0 bridgehead atoms. The molecular weight excluding hydrogens is 387 g/mol. The predicted octanol–water partition coefficient (Wildman–Crippen LogP) is 3.77. The van der Waals surface area contributed by atoms with Crippen molar-refractivity contribution in [3.8, 4) is 11.4 Å². The maximum Gasteiger partial charge on any atom is 0.239 e. The Morgan fingerprint density at radius 1 is 1.22 bits per heavy atom. The van der Waals surface area contributed by atoms with Gasteiger partial charge in [0.15, 0.2) is 11.0 Å². The van der Waals surface area contributed by atoms with Crippen molar-refractivity contribution in [2.24, 2.45) is 0 Å². The first-order valence-electron chi connectivity index (χ1n) is 8.48. The van der Waals surface area contributed by atoms with Gasteiger partial charge < -0.3 is 4.57 Å². The van der Waals surface area contributed by atoms with Crippen LogP contribution >= 0.6 is 23.1 Å². The van der Waals surface area contributed by atoms with E-state index in [0.29, 0.717) is 29.1 Å². The Morgan fingerprint density at radius 2 is 1.96 bits per heavy atom. The van der Waals surface area contributed by atoms with Crippen LogP contribution < -0.4 is 5.32 Å². The lowest BCUT2D eigenvalue weighted by Crippen LogP contribution is -2.25. The molecule has 3 rings (SSSR count). The van der Waals surface area contributed by atoms with E-state index in [9.17, 15) is 9.18 Å². The summed E-state index contributed by atoms with van der Waals surface area (Å²) in [7, 11) is 0. The molecule has 1 amide bonds. The largest absolute Gasteiger partial charge is 0.302 e. The first-order valence-corrected chi connectivity index (χ1v) is 10.2. The average molecular weight is 407 g/mol. The lowest BCUT2D eigenvalue weighted by atomic mass is 10.2. The summed E-state index contributed by atoms with van der Waals surface area (Å²) in [5.74, 6) is 0.202. The van der Waals surface area contributed by atoms with E-state index in [0.717, 1.165) is 10.6 Å². The highest BCUT2D eigenvalue weighted by molar-refractivity contribution is 8.00. The molecule has 0 aliphatic carbocycles. The third-order valence-electron chi connectivity index (χ3n) is 3.80. The van der Waals surface area contributed by atoms with Gasteiger partial charge in [0.2, 0.25) is 11.0 Å². The molecule has 10 heteroatoms. The molecule has 3 aromatic rings. The van der Waals surface area contributed by atoms with Crippen LogP contribution in [0.2, 0.25) is 0 Å². The van der Waals surface area contributed by atoms with Crippen molar-refractivity contribution < 1.29 is 9.18 Å². The van der Waals surface area contributed by atoms with Gasteiger partial charge in [0.25, 0.3) is 0 Å². The van der Waals surface area contributed by atoms with Crippen molar-refractivity contribution >= 4 is 34.1 Å². The van der Waals surface area contributed by atoms with Crippen molar-refractivity contribution in [1.82, 2.24) is 25.0 Å². The normalized spacial score (nSPS) is 12.1. The van der Waals surface area contributed by atoms with E-state index < -0.39 is 0 Å². The van der Waals surface area contributed by atoms with E-state index >= 15 is 0 Å². The van der Waals surface area contributed by atoms with E-state index in [-0.39, 0.29) is 17.0 Å². The maximum atomic E-state index is 13.2. The first kappa shape index (κ1) is 19.4. The Labute approximate surface area is 164 Å². The zero-order valence-electron chi connectivity index (χ0n) is 15.1. The number of amides is 1. The fraction of sp³-hybridized carbons (Fsp3) is 0.353. The number of halogens is 1. The highest BCUT2D eigenvalue weighted by Crippen LogP contribution is 2.29. The number of hydrogen-bond acceptors (Lipinski definition) is 7. The van der Waals surface area contributed by atoms with Crippen LogP contribution in [0.3, 0.4) is 0 Å². The first-order chi connectivity index (χ1) is 13.0. The van der Waals surface area contributed by atoms with E-state index in [1.54, 1.807) is 12.1 Å². The third-order valence-corrected chi connectivity index (χ3v) is 5.90. The van der Waals surface area contributed by atoms with E-state index in [4.69, 9.17) is 0 Å². The summed E-state index contributed by atoms with van der Waals surface area (Å²) < 4.78 is 15.1. The SMILES string of the molecule is CCC(Sc1nnc(-c2ccc(F)cc2)n1CC)C(=O)Nc1nnc(C)s1. The number of aromatic nitrogens is 5. The van der Waals surface area contributed by atoms with Crippen molar-refractivity contribution in [2.75, 3.05) is 5.32 Å². The molecule has 1 unspecified atom stereocenters. The molecule has 1 N–H and O–H groups in total. The molecule has 2 aromatic heterocycles. The number of nitrogens with one attached hydrogen (secondary N) is 1. The number of thioether (sulfide) groups is 1. The van der Waals surface area contributed by atoms with Gasteiger partial charge in [-0.25, -0.2) is 4.39 Å². The second-order valence-electron chi connectivity index (χ2n) is 5.69. The summed E-state index contributed by atoms with van der Waals surface area (Å²) in [6.07, 6.45) is 0.622. The Morgan fingerprint density at radius 3 is 2.56 bits per heavy atom. The average Bonchev–Trinajstić information content (AvgIpc) is 3.25. The topological polar surface area (TPSA) is 85.6 Å².